The van der Waals surface area contributed by atoms with Crippen LogP contribution in [0.2, 0.25) is 0 Å². The molecule has 0 saturated carbocycles. The molecule has 0 saturated heterocycles. The standard InChI is InChI=1S/C6H8O6.2Li.2H/c7-4(8)1-3(6(11)12)2-5(9)10;;;;/h3H,1-2H2,(H,7,8)(H,9,10)(H,11,12);;;;/q;2*+1;2*-1. The van der Waals surface area contributed by atoms with Crippen molar-refractivity contribution in [2.45, 2.75) is 12.8 Å². The van der Waals surface area contributed by atoms with Gasteiger partial charge < -0.3 is 18.2 Å². The first-order chi connectivity index (χ1) is 5.43. The fourth-order valence-corrected chi connectivity index (χ4v) is 0.668. The van der Waals surface area contributed by atoms with Crippen LogP contribution >= 0.6 is 0 Å². The van der Waals surface area contributed by atoms with Gasteiger partial charge in [-0.05, 0) is 0 Å². The van der Waals surface area contributed by atoms with Gasteiger partial charge in [0.2, 0.25) is 0 Å². The van der Waals surface area contributed by atoms with Crippen LogP contribution in [0.5, 0.6) is 0 Å². The summed E-state index contributed by atoms with van der Waals surface area (Å²) in [5.41, 5.74) is 0. The Balaban J connectivity index is -0.000000101. The van der Waals surface area contributed by atoms with Crippen LogP contribution in [0.25, 0.3) is 0 Å². The van der Waals surface area contributed by atoms with E-state index in [4.69, 9.17) is 15.3 Å². The van der Waals surface area contributed by atoms with E-state index in [9.17, 15) is 14.4 Å². The Kier molecular flexibility index (Phi) is 12.6. The van der Waals surface area contributed by atoms with Crippen LogP contribution in [0.4, 0.5) is 0 Å². The van der Waals surface area contributed by atoms with Crippen LogP contribution in [-0.2, 0) is 14.4 Å². The summed E-state index contributed by atoms with van der Waals surface area (Å²) in [4.78, 5) is 30.3. The Labute approximate surface area is 107 Å². The summed E-state index contributed by atoms with van der Waals surface area (Å²) in [6.07, 6.45) is -1.33. The fourth-order valence-electron chi connectivity index (χ4n) is 0.668. The number of rotatable bonds is 5. The smallest absolute Gasteiger partial charge is 1.00 e. The Hall–Kier alpha value is -0.395. The van der Waals surface area contributed by atoms with E-state index in [2.05, 4.69) is 0 Å². The van der Waals surface area contributed by atoms with E-state index in [-0.39, 0.29) is 40.6 Å². The summed E-state index contributed by atoms with van der Waals surface area (Å²) >= 11 is 0. The van der Waals surface area contributed by atoms with Crippen LogP contribution in [-0.4, -0.2) is 33.2 Å². The molecular formula is C6H10Li2O6. The van der Waals surface area contributed by atoms with E-state index in [0.29, 0.717) is 0 Å². The summed E-state index contributed by atoms with van der Waals surface area (Å²) in [5, 5.41) is 24.7. The number of carboxylic acid groups (broad SMARTS) is 3. The van der Waals surface area contributed by atoms with Gasteiger partial charge in [-0.3, -0.25) is 14.4 Å². The third kappa shape index (κ3) is 9.69. The first-order valence-corrected chi connectivity index (χ1v) is 3.10. The molecule has 0 aromatic rings. The molecule has 0 amide bonds. The molecule has 0 aliphatic heterocycles. The molecule has 0 radical (unpaired) electrons. The maximum absolute atomic E-state index is 10.2. The molecular weight excluding hydrogens is 182 g/mol. The monoisotopic (exact) mass is 192 g/mol. The van der Waals surface area contributed by atoms with Gasteiger partial charge in [0.05, 0.1) is 18.8 Å². The van der Waals surface area contributed by atoms with Crippen LogP contribution < -0.4 is 37.7 Å². The van der Waals surface area contributed by atoms with Crippen LogP contribution in [0.3, 0.4) is 0 Å². The largest absolute Gasteiger partial charge is 1.00 e. The Morgan fingerprint density at radius 2 is 1.21 bits per heavy atom. The third-order valence-electron chi connectivity index (χ3n) is 1.19. The van der Waals surface area contributed by atoms with Gasteiger partial charge in [-0.2, -0.15) is 0 Å². The molecule has 0 bridgehead atoms. The number of hydrogen-bond acceptors (Lipinski definition) is 3. The van der Waals surface area contributed by atoms with Crippen LogP contribution in [0.15, 0.2) is 0 Å². The van der Waals surface area contributed by atoms with Crippen molar-refractivity contribution < 1.29 is 70.3 Å². The zero-order valence-electron chi connectivity index (χ0n) is 10.1. The first-order valence-electron chi connectivity index (χ1n) is 3.10. The SMILES string of the molecule is O=C(O)CC(CC(=O)O)C(=O)O.[H-].[H-].[Li+].[Li+]. The quantitative estimate of drug-likeness (QED) is 0.373. The van der Waals surface area contributed by atoms with Crippen molar-refractivity contribution in [2.24, 2.45) is 5.92 Å². The Morgan fingerprint density at radius 1 is 0.929 bits per heavy atom. The Morgan fingerprint density at radius 3 is 1.36 bits per heavy atom. The van der Waals surface area contributed by atoms with Gasteiger partial charge in [0.25, 0.3) is 0 Å². The topological polar surface area (TPSA) is 112 Å². The van der Waals surface area contributed by atoms with Crippen LogP contribution in [0, 0.1) is 5.92 Å². The van der Waals surface area contributed by atoms with Gasteiger partial charge in [-0.15, -0.1) is 0 Å². The third-order valence-corrected chi connectivity index (χ3v) is 1.19. The van der Waals surface area contributed by atoms with Gasteiger partial charge in [-0.25, -0.2) is 0 Å². The van der Waals surface area contributed by atoms with Crippen molar-refractivity contribution >= 4 is 17.9 Å². The summed E-state index contributed by atoms with van der Waals surface area (Å²) < 4.78 is 0. The molecule has 0 aliphatic carbocycles. The molecule has 0 fully saturated rings. The number of carboxylic acids is 3. The molecule has 0 aromatic carbocycles. The van der Waals surface area contributed by atoms with Crippen LogP contribution in [0.1, 0.15) is 15.7 Å². The molecule has 3 N–H and O–H groups in total. The van der Waals surface area contributed by atoms with E-state index in [1.54, 1.807) is 0 Å². The minimum atomic E-state index is -1.40. The van der Waals surface area contributed by atoms with Crippen molar-refractivity contribution in [3.63, 3.8) is 0 Å². The molecule has 8 heteroatoms. The molecule has 0 spiro atoms. The zero-order chi connectivity index (χ0) is 9.72. The molecule has 72 valence electrons. The van der Waals surface area contributed by atoms with Crippen molar-refractivity contribution in [1.82, 2.24) is 0 Å². The molecule has 0 atom stereocenters. The molecule has 0 aromatic heterocycles. The Bertz CT molecular complexity index is 209. The van der Waals surface area contributed by atoms with E-state index in [0.717, 1.165) is 0 Å². The van der Waals surface area contributed by atoms with Gasteiger partial charge in [0, 0.05) is 0 Å². The second-order valence-electron chi connectivity index (χ2n) is 2.23. The van der Waals surface area contributed by atoms with E-state index >= 15 is 0 Å². The van der Waals surface area contributed by atoms with Gasteiger partial charge in [0.1, 0.15) is 0 Å². The maximum Gasteiger partial charge on any atom is 1.00 e. The van der Waals surface area contributed by atoms with Crippen molar-refractivity contribution in [1.29, 1.82) is 0 Å². The fraction of sp³-hybridized carbons (Fsp3) is 0.500. The number of carbonyl (C=O) groups is 3. The van der Waals surface area contributed by atoms with Crippen molar-refractivity contribution in [2.75, 3.05) is 0 Å². The normalized spacial score (nSPS) is 8.36. The summed E-state index contributed by atoms with van der Waals surface area (Å²) in [6, 6.07) is 0. The minimum absolute atomic E-state index is 0. The average molecular weight is 192 g/mol. The van der Waals surface area contributed by atoms with Gasteiger partial charge >= 0.3 is 55.6 Å². The molecule has 6 nitrogen and oxygen atoms in total. The summed E-state index contributed by atoms with van der Waals surface area (Å²) in [5.74, 6) is -5.38. The van der Waals surface area contributed by atoms with E-state index in [1.165, 1.54) is 0 Å². The molecule has 0 heterocycles. The molecule has 0 aliphatic rings. The summed E-state index contributed by atoms with van der Waals surface area (Å²) in [6.45, 7) is 0. The van der Waals surface area contributed by atoms with Gasteiger partial charge in [-0.1, -0.05) is 0 Å². The average Bonchev–Trinajstić information content (AvgIpc) is 1.83. The number of hydrogen-bond donors (Lipinski definition) is 3. The second kappa shape index (κ2) is 9.17. The first kappa shape index (κ1) is 19.2. The molecule has 14 heavy (non-hydrogen) atoms. The second-order valence-corrected chi connectivity index (χ2v) is 2.23. The maximum atomic E-state index is 10.2. The van der Waals surface area contributed by atoms with Crippen molar-refractivity contribution in [3.05, 3.63) is 0 Å². The van der Waals surface area contributed by atoms with Crippen molar-refractivity contribution in [3.8, 4) is 0 Å². The number of aliphatic carboxylic acids is 3. The molecule has 0 rings (SSSR count). The van der Waals surface area contributed by atoms with Gasteiger partial charge in [0.15, 0.2) is 0 Å². The predicted molar refractivity (Wildman–Crippen MR) is 37.9 cm³/mol. The summed E-state index contributed by atoms with van der Waals surface area (Å²) in [7, 11) is 0. The predicted octanol–water partition coefficient (Wildman–Crippen LogP) is -6.13. The minimum Gasteiger partial charge on any atom is -1.00 e. The van der Waals surface area contributed by atoms with E-state index < -0.39 is 36.7 Å². The van der Waals surface area contributed by atoms with E-state index in [1.807, 2.05) is 0 Å². The molecule has 0 unspecified atom stereocenters. The zero-order valence-corrected chi connectivity index (χ0v) is 8.06.